The van der Waals surface area contributed by atoms with Crippen molar-refractivity contribution in [2.45, 2.75) is 6.92 Å². The molecule has 1 rings (SSSR count). The summed E-state index contributed by atoms with van der Waals surface area (Å²) in [5, 5.41) is 0. The largest absolute Gasteiger partial charge is 0.404 e. The quantitative estimate of drug-likeness (QED) is 0.603. The van der Waals surface area contributed by atoms with Crippen LogP contribution in [0.1, 0.15) is 11.1 Å². The number of rotatable bonds is 4. The van der Waals surface area contributed by atoms with Crippen LogP contribution in [0, 0.1) is 6.92 Å². The topological polar surface area (TPSA) is 81.5 Å². The summed E-state index contributed by atoms with van der Waals surface area (Å²) in [6, 6.07) is 7.74. The van der Waals surface area contributed by atoms with Gasteiger partial charge in [0, 0.05) is 12.4 Å². The highest BCUT2D eigenvalue weighted by atomic mass is 16.1. The van der Waals surface area contributed by atoms with E-state index in [1.54, 1.807) is 0 Å². The van der Waals surface area contributed by atoms with Gasteiger partial charge in [0.25, 0.3) is 5.91 Å². The van der Waals surface area contributed by atoms with Crippen molar-refractivity contribution >= 4 is 17.8 Å². The normalized spacial score (nSPS) is 11.7. The molecule has 0 unspecified atom stereocenters. The van der Waals surface area contributed by atoms with Crippen LogP contribution in [0.5, 0.6) is 0 Å². The molecule has 0 aliphatic heterocycles. The van der Waals surface area contributed by atoms with Crippen molar-refractivity contribution in [3.05, 3.63) is 53.7 Å². The Bertz CT molecular complexity index is 484. The number of nitrogens with zero attached hydrogens (tertiary/aromatic N) is 1. The van der Waals surface area contributed by atoms with Gasteiger partial charge in [-0.1, -0.05) is 36.4 Å². The summed E-state index contributed by atoms with van der Waals surface area (Å²) in [6.07, 6.45) is 2.43. The molecule has 0 atom stereocenters. The van der Waals surface area contributed by atoms with Crippen LogP contribution in [0.4, 0.5) is 0 Å². The Balaban J connectivity index is 2.82. The van der Waals surface area contributed by atoms with Crippen LogP contribution in [-0.4, -0.2) is 12.1 Å². The molecule has 0 radical (unpaired) electrons. The van der Waals surface area contributed by atoms with E-state index in [0.717, 1.165) is 17.3 Å². The Morgan fingerprint density at radius 1 is 1.35 bits per heavy atom. The van der Waals surface area contributed by atoms with Gasteiger partial charge in [-0.05, 0) is 12.5 Å². The van der Waals surface area contributed by atoms with Gasteiger partial charge < -0.3 is 11.5 Å². The number of aliphatic imine (C=N–C) groups is 1. The van der Waals surface area contributed by atoms with Gasteiger partial charge in [-0.3, -0.25) is 9.79 Å². The molecule has 1 amide bonds. The molecule has 1 aromatic carbocycles. The summed E-state index contributed by atoms with van der Waals surface area (Å²) in [5.41, 5.74) is 13.1. The third-order valence-electron chi connectivity index (χ3n) is 2.21. The van der Waals surface area contributed by atoms with Crippen molar-refractivity contribution in [3.63, 3.8) is 0 Å². The van der Waals surface area contributed by atoms with Gasteiger partial charge in [0.05, 0.1) is 11.3 Å². The van der Waals surface area contributed by atoms with Crippen molar-refractivity contribution in [2.24, 2.45) is 16.5 Å². The lowest BCUT2D eigenvalue weighted by molar-refractivity contribution is -0.114. The molecule has 0 saturated carbocycles. The zero-order valence-electron chi connectivity index (χ0n) is 9.68. The number of benzene rings is 1. The zero-order chi connectivity index (χ0) is 12.8. The van der Waals surface area contributed by atoms with Gasteiger partial charge in [-0.15, -0.1) is 0 Å². The molecule has 0 heterocycles. The maximum Gasteiger partial charge on any atom is 0.251 e. The predicted molar refractivity (Wildman–Crippen MR) is 70.2 cm³/mol. The van der Waals surface area contributed by atoms with Crippen LogP contribution in [0.25, 0.3) is 5.70 Å². The lowest BCUT2D eigenvalue weighted by Crippen LogP contribution is -2.16. The van der Waals surface area contributed by atoms with Crippen molar-refractivity contribution in [1.82, 2.24) is 0 Å². The second kappa shape index (κ2) is 5.65. The van der Waals surface area contributed by atoms with E-state index in [9.17, 15) is 4.79 Å². The van der Waals surface area contributed by atoms with E-state index in [2.05, 4.69) is 11.6 Å². The van der Waals surface area contributed by atoms with Crippen molar-refractivity contribution < 1.29 is 4.79 Å². The predicted octanol–water partition coefficient (Wildman–Crippen LogP) is 1.36. The fourth-order valence-corrected chi connectivity index (χ4v) is 1.16. The summed E-state index contributed by atoms with van der Waals surface area (Å²) in [6.45, 7) is 5.80. The van der Waals surface area contributed by atoms with Crippen molar-refractivity contribution in [3.8, 4) is 0 Å². The van der Waals surface area contributed by atoms with E-state index in [1.807, 2.05) is 31.2 Å². The molecule has 0 saturated heterocycles. The monoisotopic (exact) mass is 229 g/mol. The van der Waals surface area contributed by atoms with Crippen molar-refractivity contribution in [1.29, 1.82) is 0 Å². The number of nitrogens with two attached hydrogens (primary N) is 2. The maximum absolute atomic E-state index is 10.9. The van der Waals surface area contributed by atoms with E-state index in [-0.39, 0.29) is 5.57 Å². The highest BCUT2D eigenvalue weighted by molar-refractivity contribution is 6.12. The van der Waals surface area contributed by atoms with Gasteiger partial charge in [0.1, 0.15) is 0 Å². The summed E-state index contributed by atoms with van der Waals surface area (Å²) < 4.78 is 0. The van der Waals surface area contributed by atoms with Crippen LogP contribution in [-0.2, 0) is 4.79 Å². The molecular weight excluding hydrogens is 214 g/mol. The van der Waals surface area contributed by atoms with Gasteiger partial charge in [-0.2, -0.15) is 0 Å². The number of primary amides is 1. The number of aryl methyl sites for hydroxylation is 1. The first-order valence-corrected chi connectivity index (χ1v) is 5.06. The number of hydrogen-bond acceptors (Lipinski definition) is 3. The molecule has 0 fully saturated rings. The van der Waals surface area contributed by atoms with E-state index >= 15 is 0 Å². The van der Waals surface area contributed by atoms with Gasteiger partial charge >= 0.3 is 0 Å². The average Bonchev–Trinajstić information content (AvgIpc) is 2.30. The van der Waals surface area contributed by atoms with E-state index < -0.39 is 5.91 Å². The third kappa shape index (κ3) is 3.61. The summed E-state index contributed by atoms with van der Waals surface area (Å²) in [4.78, 5) is 14.9. The highest BCUT2D eigenvalue weighted by Gasteiger charge is 2.00. The lowest BCUT2D eigenvalue weighted by atomic mass is 10.1. The molecule has 0 aromatic heterocycles. The van der Waals surface area contributed by atoms with Crippen LogP contribution in [0.2, 0.25) is 0 Å². The van der Waals surface area contributed by atoms with E-state index in [0.29, 0.717) is 5.70 Å². The fraction of sp³-hybridized carbons (Fsp3) is 0.0769. The summed E-state index contributed by atoms with van der Waals surface area (Å²) in [5.74, 6) is -0.618. The second-order valence-electron chi connectivity index (χ2n) is 3.56. The molecule has 1 aromatic rings. The molecule has 0 bridgehead atoms. The maximum atomic E-state index is 10.9. The van der Waals surface area contributed by atoms with Gasteiger partial charge in [0.2, 0.25) is 0 Å². The minimum absolute atomic E-state index is 0.151. The minimum Gasteiger partial charge on any atom is -0.404 e. The van der Waals surface area contributed by atoms with E-state index in [1.165, 1.54) is 6.21 Å². The van der Waals surface area contributed by atoms with Gasteiger partial charge in [-0.25, -0.2) is 0 Å². The molecule has 0 aliphatic carbocycles. The van der Waals surface area contributed by atoms with Gasteiger partial charge in [0.15, 0.2) is 0 Å². The van der Waals surface area contributed by atoms with E-state index in [4.69, 9.17) is 11.5 Å². The number of amides is 1. The summed E-state index contributed by atoms with van der Waals surface area (Å²) in [7, 11) is 0. The second-order valence-corrected chi connectivity index (χ2v) is 3.56. The molecule has 4 nitrogen and oxygen atoms in total. The number of carbonyl (C=O) groups is 1. The van der Waals surface area contributed by atoms with Crippen molar-refractivity contribution in [2.75, 3.05) is 0 Å². The molecule has 17 heavy (non-hydrogen) atoms. The lowest BCUT2D eigenvalue weighted by Gasteiger charge is -2.00. The van der Waals surface area contributed by atoms with Crippen LogP contribution >= 0.6 is 0 Å². The standard InChI is InChI=1S/C13H15N3O/c1-9-3-5-11(6-4-9)10(2)16-8-12(7-14)13(15)17/h3-8H,2,14H2,1H3,(H2,15,17)/b12-7+,16-8-. The Morgan fingerprint density at radius 3 is 2.41 bits per heavy atom. The molecule has 4 N–H and O–H groups in total. The first-order valence-electron chi connectivity index (χ1n) is 5.06. The molecule has 4 heteroatoms. The smallest absolute Gasteiger partial charge is 0.251 e. The Labute approximate surface area is 100 Å². The fourth-order valence-electron chi connectivity index (χ4n) is 1.16. The minimum atomic E-state index is -0.618. The highest BCUT2D eigenvalue weighted by Crippen LogP contribution is 2.14. The molecule has 88 valence electrons. The zero-order valence-corrected chi connectivity index (χ0v) is 9.68. The first-order chi connectivity index (χ1) is 8.04. The van der Waals surface area contributed by atoms with Crippen LogP contribution in [0.15, 0.2) is 47.6 Å². The third-order valence-corrected chi connectivity index (χ3v) is 2.21. The Hall–Kier alpha value is -2.36. The SMILES string of the molecule is C=C(/N=C\C(=C/N)C(N)=O)c1ccc(C)cc1. The molecule has 0 aliphatic rings. The first kappa shape index (κ1) is 12.7. The van der Waals surface area contributed by atoms with Crippen LogP contribution < -0.4 is 11.5 Å². The molecule has 0 spiro atoms. The molecular formula is C13H15N3O. The number of hydrogen-bond donors (Lipinski definition) is 2. The Morgan fingerprint density at radius 2 is 1.94 bits per heavy atom. The number of carbonyl (C=O) groups excluding carboxylic acids is 1. The average molecular weight is 229 g/mol. The summed E-state index contributed by atoms with van der Waals surface area (Å²) >= 11 is 0. The van der Waals surface area contributed by atoms with Crippen LogP contribution in [0.3, 0.4) is 0 Å². The Kier molecular flexibility index (Phi) is 4.22.